The van der Waals surface area contributed by atoms with Gasteiger partial charge in [0.15, 0.2) is 5.69 Å². The van der Waals surface area contributed by atoms with Crippen LogP contribution >= 0.6 is 11.6 Å². The molecule has 160 valence electrons. The van der Waals surface area contributed by atoms with Crippen LogP contribution in [0, 0.1) is 0 Å². The molecule has 0 unspecified atom stereocenters. The number of nitrogens with zero attached hydrogens (tertiary/aromatic N) is 2. The Labute approximate surface area is 188 Å². The van der Waals surface area contributed by atoms with Crippen molar-refractivity contribution in [1.82, 2.24) is 20.4 Å². The molecular weight excluding hydrogens is 428 g/mol. The van der Waals surface area contributed by atoms with Gasteiger partial charge >= 0.3 is 0 Å². The van der Waals surface area contributed by atoms with Crippen LogP contribution in [0.2, 0.25) is 5.02 Å². The van der Waals surface area contributed by atoms with Crippen LogP contribution in [-0.4, -0.2) is 34.7 Å². The first-order chi connectivity index (χ1) is 15.5. The van der Waals surface area contributed by atoms with Crippen molar-refractivity contribution in [3.63, 3.8) is 0 Å². The van der Waals surface area contributed by atoms with Crippen LogP contribution in [0.3, 0.4) is 0 Å². The van der Waals surface area contributed by atoms with Gasteiger partial charge < -0.3 is 10.6 Å². The van der Waals surface area contributed by atoms with Crippen LogP contribution in [0.15, 0.2) is 83.7 Å². The summed E-state index contributed by atoms with van der Waals surface area (Å²) in [7, 11) is 0. The molecule has 3 aromatic carbocycles. The average molecular weight is 447 g/mol. The molecule has 7 nitrogen and oxygen atoms in total. The predicted molar refractivity (Wildman–Crippen MR) is 123 cm³/mol. The van der Waals surface area contributed by atoms with Gasteiger partial charge in [0.05, 0.1) is 11.1 Å². The van der Waals surface area contributed by atoms with E-state index in [0.717, 1.165) is 0 Å². The van der Waals surface area contributed by atoms with Crippen LogP contribution in [0.25, 0.3) is 16.5 Å². The SMILES string of the molecule is O=C(NCCNC(=O)c1nn(-c2ccccc2)c(=O)c2ccccc12)c1ccc(Cl)cc1. The number of hydrogen-bond acceptors (Lipinski definition) is 4. The molecular formula is C24H19ClN4O3. The van der Waals surface area contributed by atoms with Gasteiger partial charge in [-0.05, 0) is 42.5 Å². The number of halogens is 1. The number of carbonyl (C=O) groups excluding carboxylic acids is 2. The van der Waals surface area contributed by atoms with E-state index in [2.05, 4.69) is 15.7 Å². The molecule has 0 radical (unpaired) electrons. The fraction of sp³-hybridized carbons (Fsp3) is 0.0833. The summed E-state index contributed by atoms with van der Waals surface area (Å²) in [4.78, 5) is 38.0. The topological polar surface area (TPSA) is 93.1 Å². The highest BCUT2D eigenvalue weighted by molar-refractivity contribution is 6.30. The highest BCUT2D eigenvalue weighted by Gasteiger charge is 2.17. The van der Waals surface area contributed by atoms with E-state index in [9.17, 15) is 14.4 Å². The summed E-state index contributed by atoms with van der Waals surface area (Å²) in [6, 6.07) is 22.3. The van der Waals surface area contributed by atoms with Gasteiger partial charge in [-0.1, -0.05) is 48.0 Å². The van der Waals surface area contributed by atoms with Crippen molar-refractivity contribution in [2.45, 2.75) is 0 Å². The number of benzene rings is 3. The van der Waals surface area contributed by atoms with Crippen molar-refractivity contribution >= 4 is 34.2 Å². The van der Waals surface area contributed by atoms with Crippen molar-refractivity contribution in [2.75, 3.05) is 13.1 Å². The molecule has 0 bridgehead atoms. The Bertz CT molecular complexity index is 1340. The van der Waals surface area contributed by atoms with Crippen LogP contribution in [0.5, 0.6) is 0 Å². The Morgan fingerprint density at radius 2 is 1.38 bits per heavy atom. The van der Waals surface area contributed by atoms with Crippen molar-refractivity contribution < 1.29 is 9.59 Å². The van der Waals surface area contributed by atoms with Gasteiger partial charge in [0.2, 0.25) is 0 Å². The Morgan fingerprint density at radius 1 is 0.781 bits per heavy atom. The van der Waals surface area contributed by atoms with Crippen LogP contribution in [0.1, 0.15) is 20.8 Å². The third-order valence-corrected chi connectivity index (χ3v) is 5.08. The molecule has 2 N–H and O–H groups in total. The first-order valence-electron chi connectivity index (χ1n) is 9.94. The summed E-state index contributed by atoms with van der Waals surface area (Å²) in [5, 5.41) is 11.2. The van der Waals surface area contributed by atoms with E-state index in [1.807, 2.05) is 6.07 Å². The molecule has 0 aliphatic heterocycles. The van der Waals surface area contributed by atoms with Crippen LogP contribution in [-0.2, 0) is 0 Å². The summed E-state index contributed by atoms with van der Waals surface area (Å²) in [6.07, 6.45) is 0. The molecule has 1 heterocycles. The number of nitrogens with one attached hydrogen (secondary N) is 2. The Balaban J connectivity index is 1.51. The minimum atomic E-state index is -0.438. The maximum absolute atomic E-state index is 12.9. The van der Waals surface area contributed by atoms with E-state index in [1.54, 1.807) is 72.8 Å². The van der Waals surface area contributed by atoms with Crippen molar-refractivity contribution in [2.24, 2.45) is 0 Å². The molecule has 0 aliphatic rings. The molecule has 0 saturated heterocycles. The molecule has 4 aromatic rings. The van der Waals surface area contributed by atoms with E-state index in [4.69, 9.17) is 11.6 Å². The molecule has 0 spiro atoms. The third kappa shape index (κ3) is 4.53. The number of carbonyl (C=O) groups is 2. The monoisotopic (exact) mass is 446 g/mol. The molecule has 0 saturated carbocycles. The minimum Gasteiger partial charge on any atom is -0.350 e. The normalized spacial score (nSPS) is 10.7. The predicted octanol–water partition coefficient (Wildman–Crippen LogP) is 3.20. The van der Waals surface area contributed by atoms with Gasteiger partial charge in [0.25, 0.3) is 17.4 Å². The second-order valence-electron chi connectivity index (χ2n) is 6.97. The number of aromatic nitrogens is 2. The lowest BCUT2D eigenvalue weighted by Crippen LogP contribution is -2.36. The first-order valence-corrected chi connectivity index (χ1v) is 10.3. The fourth-order valence-corrected chi connectivity index (χ4v) is 3.37. The smallest absolute Gasteiger partial charge is 0.279 e. The minimum absolute atomic E-state index is 0.132. The Hall–Kier alpha value is -3.97. The number of rotatable bonds is 6. The molecule has 32 heavy (non-hydrogen) atoms. The molecule has 0 aliphatic carbocycles. The Morgan fingerprint density at radius 3 is 2.06 bits per heavy atom. The highest BCUT2D eigenvalue weighted by atomic mass is 35.5. The zero-order chi connectivity index (χ0) is 22.5. The molecule has 8 heteroatoms. The summed E-state index contributed by atoms with van der Waals surface area (Å²) in [5.41, 5.74) is 0.863. The lowest BCUT2D eigenvalue weighted by molar-refractivity contribution is 0.0925. The third-order valence-electron chi connectivity index (χ3n) is 4.82. The maximum Gasteiger partial charge on any atom is 0.279 e. The fourth-order valence-electron chi connectivity index (χ4n) is 3.24. The lowest BCUT2D eigenvalue weighted by atomic mass is 10.1. The van der Waals surface area contributed by atoms with Crippen molar-refractivity contribution in [3.05, 3.63) is 105 Å². The van der Waals surface area contributed by atoms with Gasteiger partial charge in [0.1, 0.15) is 0 Å². The maximum atomic E-state index is 12.9. The van der Waals surface area contributed by atoms with E-state index < -0.39 is 5.91 Å². The second kappa shape index (κ2) is 9.45. The van der Waals surface area contributed by atoms with E-state index in [1.165, 1.54) is 4.68 Å². The molecule has 4 rings (SSSR count). The summed E-state index contributed by atoms with van der Waals surface area (Å²) >= 11 is 5.83. The number of amides is 2. The zero-order valence-electron chi connectivity index (χ0n) is 16.9. The molecule has 2 amide bonds. The summed E-state index contributed by atoms with van der Waals surface area (Å²) in [6.45, 7) is 0.419. The second-order valence-corrected chi connectivity index (χ2v) is 7.40. The van der Waals surface area contributed by atoms with Gasteiger partial charge in [-0.25, -0.2) is 0 Å². The van der Waals surface area contributed by atoms with Crippen LogP contribution < -0.4 is 16.2 Å². The van der Waals surface area contributed by atoms with Gasteiger partial charge in [-0.3, -0.25) is 14.4 Å². The summed E-state index contributed by atoms with van der Waals surface area (Å²) in [5.74, 6) is -0.705. The van der Waals surface area contributed by atoms with Crippen molar-refractivity contribution in [1.29, 1.82) is 0 Å². The molecule has 0 atom stereocenters. The zero-order valence-corrected chi connectivity index (χ0v) is 17.7. The number of hydrogen-bond donors (Lipinski definition) is 2. The van der Waals surface area contributed by atoms with Gasteiger partial charge in [-0.2, -0.15) is 9.78 Å². The number of para-hydroxylation sites is 1. The Kier molecular flexibility index (Phi) is 6.28. The first kappa shape index (κ1) is 21.3. The average Bonchev–Trinajstić information content (AvgIpc) is 2.83. The van der Waals surface area contributed by atoms with Crippen molar-refractivity contribution in [3.8, 4) is 5.69 Å². The molecule has 1 aromatic heterocycles. The van der Waals surface area contributed by atoms with E-state index >= 15 is 0 Å². The standard InChI is InChI=1S/C24H19ClN4O3/c25-17-12-10-16(11-13-17)22(30)26-14-15-27-23(31)21-19-8-4-5-9-20(19)24(32)29(28-21)18-6-2-1-3-7-18/h1-13H,14-15H2,(H,26,30)(H,27,31). The van der Waals surface area contributed by atoms with E-state index in [0.29, 0.717) is 27.0 Å². The van der Waals surface area contributed by atoms with E-state index in [-0.39, 0.29) is 30.2 Å². The quantitative estimate of drug-likeness (QED) is 0.445. The highest BCUT2D eigenvalue weighted by Crippen LogP contribution is 2.15. The van der Waals surface area contributed by atoms with Crippen LogP contribution in [0.4, 0.5) is 0 Å². The largest absolute Gasteiger partial charge is 0.350 e. The molecule has 0 fully saturated rings. The lowest BCUT2D eigenvalue weighted by Gasteiger charge is -2.11. The van der Waals surface area contributed by atoms with Gasteiger partial charge in [0, 0.05) is 29.1 Å². The summed E-state index contributed by atoms with van der Waals surface area (Å²) < 4.78 is 1.22. The number of fused-ring (bicyclic) bond motifs is 1. The van der Waals surface area contributed by atoms with Gasteiger partial charge in [-0.15, -0.1) is 0 Å².